The van der Waals surface area contributed by atoms with Gasteiger partial charge < -0.3 is 83.3 Å². The van der Waals surface area contributed by atoms with Crippen LogP contribution in [0.25, 0.3) is 21.5 Å². The number of fused-ring (bicyclic) bond motifs is 6. The number of ether oxygens (including phenoxy) is 8. The molecule has 0 fully saturated rings. The molecule has 0 aliphatic carbocycles. The van der Waals surface area contributed by atoms with Crippen molar-refractivity contribution in [2.45, 2.75) is 45.3 Å². The molecule has 1 aromatic heterocycles. The molecule has 0 spiro atoms. The van der Waals surface area contributed by atoms with Gasteiger partial charge in [0, 0.05) is 93.6 Å². The summed E-state index contributed by atoms with van der Waals surface area (Å²) >= 11 is 10.5. The topological polar surface area (TPSA) is 338 Å². The van der Waals surface area contributed by atoms with Crippen molar-refractivity contribution in [3.8, 4) is 11.5 Å². The van der Waals surface area contributed by atoms with Crippen LogP contribution in [-0.2, 0) is 69.9 Å². The Balaban J connectivity index is 0.705. The van der Waals surface area contributed by atoms with Crippen molar-refractivity contribution in [2.75, 3.05) is 159 Å². The Labute approximate surface area is 595 Å². The summed E-state index contributed by atoms with van der Waals surface area (Å²) < 4.78 is 61.4. The lowest BCUT2D eigenvalue weighted by Gasteiger charge is -2.23. The molecule has 0 saturated heterocycles. The van der Waals surface area contributed by atoms with Crippen molar-refractivity contribution >= 4 is 133 Å². The van der Waals surface area contributed by atoms with Crippen LogP contribution in [0.15, 0.2) is 97.1 Å². The van der Waals surface area contributed by atoms with Gasteiger partial charge in [-0.2, -0.15) is 0 Å². The molecule has 0 bridgehead atoms. The third-order valence-corrected chi connectivity index (χ3v) is 18.3. The molecule has 2 aliphatic rings. The number of phosphoric ester groups is 1. The van der Waals surface area contributed by atoms with Crippen LogP contribution in [0.2, 0.25) is 0 Å². The molecule has 32 heteroatoms. The van der Waals surface area contributed by atoms with E-state index in [1.807, 2.05) is 24.3 Å². The van der Waals surface area contributed by atoms with Crippen molar-refractivity contribution in [2.24, 2.45) is 5.92 Å². The van der Waals surface area contributed by atoms with Gasteiger partial charge >= 0.3 is 20.0 Å². The molecule has 28 nitrogen and oxygen atoms in total. The second-order valence-corrected chi connectivity index (χ2v) is 26.5. The van der Waals surface area contributed by atoms with Crippen LogP contribution in [0.1, 0.15) is 62.2 Å². The number of amides is 8. The number of nitrogens with one attached hydrogen (secondary N) is 4. The Morgan fingerprint density at radius 2 is 1.19 bits per heavy atom. The zero-order chi connectivity index (χ0) is 71.7. The number of rotatable bonds is 39. The number of hydrogen-bond acceptors (Lipinski definition) is 19. The second-order valence-electron chi connectivity index (χ2n) is 23.4. The SMILES string of the molecule is CC(C)C(NC(=O)CCOCCOCCOCCOCCOCCOCCNC(=O)CBr)C(=O)NCC(=O)Nc1ccc(COC(=O)N(C)CCN(C)C(=O)Oc2cc3c(c4ccccc24)CCN3C(=O)c2ccc(C(=O)N3C[C@@H](CCl)c4c3cc(OP(=O)(O)O)c3ccccc43)s2)cc1. The first-order chi connectivity index (χ1) is 48.1. The van der Waals surface area contributed by atoms with Gasteiger partial charge in [-0.05, 0) is 64.1 Å². The first-order valence-corrected chi connectivity index (χ1v) is 36.4. The van der Waals surface area contributed by atoms with Crippen molar-refractivity contribution in [3.05, 3.63) is 124 Å². The molecule has 5 aromatic carbocycles. The number of likely N-dealkylation sites (N-methyl/N-ethyl adjacent to an activating group) is 2. The third kappa shape index (κ3) is 22.6. The first-order valence-electron chi connectivity index (χ1n) is 32.3. The Morgan fingerprint density at radius 1 is 0.650 bits per heavy atom. The number of hydrogen-bond donors (Lipinski definition) is 6. The Bertz CT molecular complexity index is 3870. The lowest BCUT2D eigenvalue weighted by atomic mass is 9.95. The number of phosphoric acid groups is 1. The van der Waals surface area contributed by atoms with Crippen molar-refractivity contribution < 1.29 is 95.1 Å². The molecule has 2 atom stereocenters. The van der Waals surface area contributed by atoms with Crippen LogP contribution in [0.4, 0.5) is 26.7 Å². The van der Waals surface area contributed by atoms with Gasteiger partial charge in [0.15, 0.2) is 0 Å². The highest BCUT2D eigenvalue weighted by Crippen LogP contribution is 2.50. The highest BCUT2D eigenvalue weighted by molar-refractivity contribution is 9.09. The molecule has 8 amide bonds. The molecule has 2 aliphatic heterocycles. The predicted molar refractivity (Wildman–Crippen MR) is 378 cm³/mol. The number of thiophene rings is 1. The average molecular weight is 1510 g/mol. The van der Waals surface area contributed by atoms with Gasteiger partial charge in [0.1, 0.15) is 24.1 Å². The summed E-state index contributed by atoms with van der Waals surface area (Å²) in [5.41, 5.74) is 3.56. The first kappa shape index (κ1) is 77.9. The molecule has 6 N–H and O–H groups in total. The van der Waals surface area contributed by atoms with E-state index in [0.717, 1.165) is 27.8 Å². The minimum atomic E-state index is -4.98. The van der Waals surface area contributed by atoms with E-state index in [0.29, 0.717) is 124 Å². The average Bonchev–Trinajstić information content (AvgIpc) is 1.56. The maximum atomic E-state index is 14.4. The van der Waals surface area contributed by atoms with E-state index < -0.39 is 49.7 Å². The third-order valence-electron chi connectivity index (χ3n) is 15.9. The zero-order valence-corrected chi connectivity index (χ0v) is 59.9. The Morgan fingerprint density at radius 3 is 1.77 bits per heavy atom. The summed E-state index contributed by atoms with van der Waals surface area (Å²) in [6.45, 7) is 8.39. The minimum absolute atomic E-state index is 0.00406. The van der Waals surface area contributed by atoms with Crippen LogP contribution in [-0.4, -0.2) is 217 Å². The van der Waals surface area contributed by atoms with Crippen molar-refractivity contribution in [3.63, 3.8) is 0 Å². The van der Waals surface area contributed by atoms with Crippen molar-refractivity contribution in [1.29, 1.82) is 0 Å². The summed E-state index contributed by atoms with van der Waals surface area (Å²) in [4.78, 5) is 131. The molecular weight excluding hydrogens is 1430 g/mol. The van der Waals surface area contributed by atoms with E-state index in [-0.39, 0.29) is 109 Å². The number of nitrogens with zero attached hydrogens (tertiary/aromatic N) is 4. The lowest BCUT2D eigenvalue weighted by Crippen LogP contribution is -2.51. The fourth-order valence-electron chi connectivity index (χ4n) is 10.8. The molecule has 0 saturated carbocycles. The highest BCUT2D eigenvalue weighted by atomic mass is 79.9. The van der Waals surface area contributed by atoms with Crippen LogP contribution in [0.5, 0.6) is 11.5 Å². The molecule has 1 unspecified atom stereocenters. The fourth-order valence-corrected chi connectivity index (χ4v) is 12.6. The van der Waals surface area contributed by atoms with E-state index in [2.05, 4.69) is 37.2 Å². The zero-order valence-electron chi connectivity index (χ0n) is 55.9. The number of halogens is 2. The van der Waals surface area contributed by atoms with Crippen molar-refractivity contribution in [1.82, 2.24) is 25.8 Å². The quantitative estimate of drug-likeness (QED) is 0.0123. The van der Waals surface area contributed by atoms with Gasteiger partial charge in [-0.3, -0.25) is 38.6 Å². The maximum absolute atomic E-state index is 14.4. The normalized spacial score (nSPS) is 13.6. The summed E-state index contributed by atoms with van der Waals surface area (Å²) in [5.74, 6) is -2.68. The van der Waals surface area contributed by atoms with E-state index in [1.54, 1.807) is 85.5 Å². The Hall–Kier alpha value is -7.84. The number of alkyl halides is 2. The molecule has 6 aromatic rings. The number of benzene rings is 5. The van der Waals surface area contributed by atoms with Gasteiger partial charge in [0.25, 0.3) is 11.8 Å². The van der Waals surface area contributed by atoms with Crippen LogP contribution in [0.3, 0.4) is 0 Å². The van der Waals surface area contributed by atoms with Crippen LogP contribution >= 0.6 is 46.7 Å². The van der Waals surface area contributed by atoms with Gasteiger partial charge in [-0.15, -0.1) is 22.9 Å². The molecule has 0 radical (unpaired) electrons. The lowest BCUT2D eigenvalue weighted by molar-refractivity contribution is -0.131. The van der Waals surface area contributed by atoms with Gasteiger partial charge in [0.05, 0.1) is 112 Å². The van der Waals surface area contributed by atoms with Crippen LogP contribution in [0, 0.1) is 5.92 Å². The van der Waals surface area contributed by atoms with Gasteiger partial charge in [0.2, 0.25) is 23.6 Å². The van der Waals surface area contributed by atoms with Crippen LogP contribution < -0.4 is 40.3 Å². The van der Waals surface area contributed by atoms with Gasteiger partial charge in [-0.1, -0.05) is 90.4 Å². The van der Waals surface area contributed by atoms with E-state index >= 15 is 0 Å². The molecule has 8 rings (SSSR count). The van der Waals surface area contributed by atoms with E-state index in [9.17, 15) is 52.7 Å². The monoisotopic (exact) mass is 1510 g/mol. The van der Waals surface area contributed by atoms with E-state index in [4.69, 9.17) is 54.0 Å². The van der Waals surface area contributed by atoms with Gasteiger partial charge in [-0.25, -0.2) is 14.2 Å². The van der Waals surface area contributed by atoms with E-state index in [1.165, 1.54) is 34.9 Å². The highest BCUT2D eigenvalue weighted by Gasteiger charge is 2.38. The summed E-state index contributed by atoms with van der Waals surface area (Å²) in [6, 6.07) is 26.2. The number of carbonyl (C=O) groups is 8. The summed E-state index contributed by atoms with van der Waals surface area (Å²) in [6.07, 6.45) is -0.884. The molecule has 3 heterocycles. The molecule has 100 heavy (non-hydrogen) atoms. The predicted octanol–water partition coefficient (Wildman–Crippen LogP) is 7.61. The largest absolute Gasteiger partial charge is 0.524 e. The Kier molecular flexibility index (Phi) is 30.2. The smallest absolute Gasteiger partial charge is 0.445 e. The molecule has 540 valence electrons. The number of anilines is 3. The summed E-state index contributed by atoms with van der Waals surface area (Å²) in [7, 11) is -1.94. The second kappa shape index (κ2) is 38.8. The summed E-state index contributed by atoms with van der Waals surface area (Å²) in [5, 5.41) is 13.5. The molecular formula is C68H83BrClN8O20PS. The standard InChI is InChI=1S/C68H83BrClN8O20PS/c1-44(2)63(74-59(79)20-25-90-27-29-92-31-33-94-35-36-95-34-32-93-30-28-91-26-21-71-60(80)39-69)64(82)72-41-61(81)73-47-15-13-45(14-16-47)43-96-67(85)75(3)23-24-76(4)68(86)97-55-37-53-49(48-9-5-6-10-50(48)55)19-22-77(53)65(83)57-17-18-58(100-57)66(84)78-42-46(40-70)62-52-12-8-7-11-51(52)56(38-54(62)78)98-99(87,88)89/h5-18,37-38,44,46,63H,19-36,39-43H2,1-4H3,(H,71,80)(H,72,82)(H,73,81)(H,74,79)(H2,87,88,89)/t46-,63?/m1/s1. The maximum Gasteiger partial charge on any atom is 0.524 e. The fraction of sp³-hybridized carbons (Fsp3) is 0.441. The minimum Gasteiger partial charge on any atom is -0.445 e. The number of carbonyl (C=O) groups excluding carboxylic acids is 8.